The van der Waals surface area contributed by atoms with Crippen LogP contribution in [0.1, 0.15) is 36.9 Å². The fourth-order valence-electron chi connectivity index (χ4n) is 4.34. The summed E-state index contributed by atoms with van der Waals surface area (Å²) < 4.78 is 1.96. The molecule has 2 aliphatic rings. The summed E-state index contributed by atoms with van der Waals surface area (Å²) in [6.07, 6.45) is 9.57. The summed E-state index contributed by atoms with van der Waals surface area (Å²) in [6, 6.07) is 6.09. The molecule has 0 bridgehead atoms. The number of pyridine rings is 1. The van der Waals surface area contributed by atoms with Crippen LogP contribution in [0.2, 0.25) is 0 Å². The molecule has 4 rings (SSSR count). The van der Waals surface area contributed by atoms with Crippen LogP contribution >= 0.6 is 0 Å². The van der Waals surface area contributed by atoms with Crippen molar-refractivity contribution in [3.63, 3.8) is 0 Å². The molecule has 0 aromatic carbocycles. The molecule has 0 unspecified atom stereocenters. The highest BCUT2D eigenvalue weighted by Crippen LogP contribution is 2.40. The molecule has 1 amide bonds. The maximum absolute atomic E-state index is 12.4. The zero-order chi connectivity index (χ0) is 18.0. The average molecular weight is 353 g/mol. The van der Waals surface area contributed by atoms with E-state index in [4.69, 9.17) is 0 Å². The minimum atomic E-state index is 0.289. The fourth-order valence-corrected chi connectivity index (χ4v) is 4.34. The molecule has 2 aromatic rings. The van der Waals surface area contributed by atoms with Crippen molar-refractivity contribution in [2.75, 3.05) is 19.6 Å². The first-order chi connectivity index (χ1) is 12.6. The molecule has 0 radical (unpaired) electrons. The van der Waals surface area contributed by atoms with Gasteiger partial charge in [-0.05, 0) is 55.5 Å². The zero-order valence-corrected chi connectivity index (χ0v) is 15.5. The van der Waals surface area contributed by atoms with Gasteiger partial charge < -0.3 is 4.90 Å². The molecule has 2 saturated heterocycles. The van der Waals surface area contributed by atoms with E-state index in [-0.39, 0.29) is 5.91 Å². The molecule has 2 fully saturated rings. The molecule has 0 saturated carbocycles. The Morgan fingerprint density at radius 2 is 1.96 bits per heavy atom. The van der Waals surface area contributed by atoms with Crippen molar-refractivity contribution in [1.29, 1.82) is 0 Å². The molecule has 0 N–H and O–H groups in total. The van der Waals surface area contributed by atoms with E-state index >= 15 is 0 Å². The third-order valence-electron chi connectivity index (χ3n) is 6.07. The Kier molecular flexibility index (Phi) is 4.76. The molecule has 0 aliphatic carbocycles. The summed E-state index contributed by atoms with van der Waals surface area (Å²) in [5.74, 6) is 0.289. The molecule has 6 heteroatoms. The lowest BCUT2D eigenvalue weighted by Crippen LogP contribution is -2.51. The molecular formula is C20H27N5O. The van der Waals surface area contributed by atoms with E-state index in [9.17, 15) is 4.79 Å². The monoisotopic (exact) mass is 353 g/mol. The van der Waals surface area contributed by atoms with Crippen LogP contribution in [0.4, 0.5) is 0 Å². The van der Waals surface area contributed by atoms with E-state index in [2.05, 4.69) is 32.0 Å². The molecule has 2 aliphatic heterocycles. The van der Waals surface area contributed by atoms with E-state index in [1.165, 1.54) is 18.5 Å². The van der Waals surface area contributed by atoms with Gasteiger partial charge in [0, 0.05) is 51.7 Å². The van der Waals surface area contributed by atoms with Gasteiger partial charge in [0.25, 0.3) is 0 Å². The fraction of sp³-hybridized carbons (Fsp3) is 0.550. The third kappa shape index (κ3) is 3.65. The number of hydrogen-bond donors (Lipinski definition) is 0. The van der Waals surface area contributed by atoms with Crippen molar-refractivity contribution in [3.05, 3.63) is 48.0 Å². The van der Waals surface area contributed by atoms with E-state index in [1.54, 1.807) is 6.20 Å². The number of aromatic nitrogens is 3. The van der Waals surface area contributed by atoms with Gasteiger partial charge in [0.1, 0.15) is 0 Å². The highest BCUT2D eigenvalue weighted by Gasteiger charge is 2.40. The average Bonchev–Trinajstić information content (AvgIpc) is 3.06. The SMILES string of the molecule is Cn1nccc1CN1CCC2(CCC(=O)N(Cc3cccnc3)C2)CC1. The minimum absolute atomic E-state index is 0.289. The molecule has 4 heterocycles. The zero-order valence-electron chi connectivity index (χ0n) is 15.5. The number of carbonyl (C=O) groups excluding carboxylic acids is 1. The van der Waals surface area contributed by atoms with Crippen LogP contribution in [-0.2, 0) is 24.9 Å². The van der Waals surface area contributed by atoms with Crippen LogP contribution in [0.3, 0.4) is 0 Å². The predicted molar refractivity (Wildman–Crippen MR) is 99.0 cm³/mol. The number of amides is 1. The summed E-state index contributed by atoms with van der Waals surface area (Å²) in [5.41, 5.74) is 2.67. The number of carbonyl (C=O) groups is 1. The maximum Gasteiger partial charge on any atom is 0.222 e. The predicted octanol–water partition coefficient (Wildman–Crippen LogP) is 2.22. The summed E-state index contributed by atoms with van der Waals surface area (Å²) in [5, 5.41) is 4.26. The lowest BCUT2D eigenvalue weighted by molar-refractivity contribution is -0.140. The van der Waals surface area contributed by atoms with Crippen LogP contribution in [0.15, 0.2) is 36.8 Å². The van der Waals surface area contributed by atoms with Crippen LogP contribution in [-0.4, -0.2) is 50.1 Å². The van der Waals surface area contributed by atoms with E-state index < -0.39 is 0 Å². The van der Waals surface area contributed by atoms with Gasteiger partial charge in [0.2, 0.25) is 5.91 Å². The molecule has 26 heavy (non-hydrogen) atoms. The topological polar surface area (TPSA) is 54.3 Å². The Morgan fingerprint density at radius 1 is 1.12 bits per heavy atom. The number of piperidine rings is 2. The van der Waals surface area contributed by atoms with Gasteiger partial charge in [0.05, 0.1) is 5.69 Å². The van der Waals surface area contributed by atoms with Crippen molar-refractivity contribution >= 4 is 5.91 Å². The standard InChI is InChI=1S/C20H27N5O/c1-23-18(5-10-22-23)15-24-11-7-20(8-12-24)6-4-19(26)25(16-20)14-17-3-2-9-21-13-17/h2-3,5,9-10,13H,4,6-8,11-12,14-16H2,1H3. The van der Waals surface area contributed by atoms with Gasteiger partial charge in [-0.2, -0.15) is 5.10 Å². The lowest BCUT2D eigenvalue weighted by atomic mass is 9.72. The molecule has 138 valence electrons. The third-order valence-corrected chi connectivity index (χ3v) is 6.07. The number of nitrogens with zero attached hydrogens (tertiary/aromatic N) is 5. The van der Waals surface area contributed by atoms with Crippen LogP contribution in [0.5, 0.6) is 0 Å². The normalized spacial score (nSPS) is 20.7. The Labute approximate surface area is 154 Å². The molecule has 0 atom stereocenters. The lowest BCUT2D eigenvalue weighted by Gasteiger charge is -2.47. The molecular weight excluding hydrogens is 326 g/mol. The smallest absolute Gasteiger partial charge is 0.222 e. The number of likely N-dealkylation sites (tertiary alicyclic amines) is 2. The van der Waals surface area contributed by atoms with Gasteiger partial charge >= 0.3 is 0 Å². The Morgan fingerprint density at radius 3 is 2.65 bits per heavy atom. The number of rotatable bonds is 4. The van der Waals surface area contributed by atoms with Gasteiger partial charge in [-0.1, -0.05) is 6.07 Å². The van der Waals surface area contributed by atoms with Gasteiger partial charge in [-0.15, -0.1) is 0 Å². The minimum Gasteiger partial charge on any atom is -0.338 e. The van der Waals surface area contributed by atoms with E-state index in [0.29, 0.717) is 18.4 Å². The number of hydrogen-bond acceptors (Lipinski definition) is 4. The van der Waals surface area contributed by atoms with Crippen molar-refractivity contribution in [2.24, 2.45) is 12.5 Å². The molecule has 2 aromatic heterocycles. The van der Waals surface area contributed by atoms with Gasteiger partial charge in [-0.25, -0.2) is 0 Å². The molecule has 1 spiro atoms. The second-order valence-electron chi connectivity index (χ2n) is 7.83. The quantitative estimate of drug-likeness (QED) is 0.846. The van der Waals surface area contributed by atoms with Crippen molar-refractivity contribution < 1.29 is 4.79 Å². The van der Waals surface area contributed by atoms with Crippen LogP contribution in [0.25, 0.3) is 0 Å². The Hall–Kier alpha value is -2.21. The van der Waals surface area contributed by atoms with Crippen LogP contribution in [0, 0.1) is 5.41 Å². The second-order valence-corrected chi connectivity index (χ2v) is 7.83. The first kappa shape index (κ1) is 17.2. The Balaban J connectivity index is 1.37. The van der Waals surface area contributed by atoms with E-state index in [0.717, 1.165) is 38.2 Å². The Bertz CT molecular complexity index is 749. The highest BCUT2D eigenvalue weighted by molar-refractivity contribution is 5.77. The largest absolute Gasteiger partial charge is 0.338 e. The van der Waals surface area contributed by atoms with Gasteiger partial charge in [-0.3, -0.25) is 19.4 Å². The molecule has 6 nitrogen and oxygen atoms in total. The number of aryl methyl sites for hydroxylation is 1. The van der Waals surface area contributed by atoms with E-state index in [1.807, 2.05) is 30.2 Å². The maximum atomic E-state index is 12.4. The highest BCUT2D eigenvalue weighted by atomic mass is 16.2. The van der Waals surface area contributed by atoms with Crippen molar-refractivity contribution in [1.82, 2.24) is 24.6 Å². The van der Waals surface area contributed by atoms with Crippen molar-refractivity contribution in [2.45, 2.75) is 38.8 Å². The second kappa shape index (κ2) is 7.19. The van der Waals surface area contributed by atoms with Crippen molar-refractivity contribution in [3.8, 4) is 0 Å². The summed E-state index contributed by atoms with van der Waals surface area (Å²) in [7, 11) is 2.00. The first-order valence-electron chi connectivity index (χ1n) is 9.50. The summed E-state index contributed by atoms with van der Waals surface area (Å²) in [4.78, 5) is 21.2. The first-order valence-corrected chi connectivity index (χ1v) is 9.50. The van der Waals surface area contributed by atoms with Crippen LogP contribution < -0.4 is 0 Å². The van der Waals surface area contributed by atoms with Gasteiger partial charge in [0.15, 0.2) is 0 Å². The summed E-state index contributed by atoms with van der Waals surface area (Å²) in [6.45, 7) is 4.73. The summed E-state index contributed by atoms with van der Waals surface area (Å²) >= 11 is 0.